The zero-order chi connectivity index (χ0) is 16.8. The van der Waals surface area contributed by atoms with Crippen LogP contribution in [0.2, 0.25) is 0 Å². The molecule has 118 valence electrons. The van der Waals surface area contributed by atoms with Gasteiger partial charge in [-0.15, -0.1) is 0 Å². The molecule has 0 amide bonds. The summed E-state index contributed by atoms with van der Waals surface area (Å²) in [6, 6.07) is 9.12. The predicted molar refractivity (Wildman–Crippen MR) is 76.7 cm³/mol. The van der Waals surface area contributed by atoms with Gasteiger partial charge in [-0.05, 0) is 23.8 Å². The predicted octanol–water partition coefficient (Wildman–Crippen LogP) is 3.93. The van der Waals surface area contributed by atoms with E-state index in [-0.39, 0.29) is 23.4 Å². The fraction of sp³-hybridized carbons (Fsp3) is 0.125. The molecule has 0 N–H and O–H groups in total. The number of nitrogens with zero attached hydrogens (tertiary/aromatic N) is 1. The maximum atomic E-state index is 13.6. The van der Waals surface area contributed by atoms with E-state index in [4.69, 9.17) is 0 Å². The Bertz CT molecular complexity index is 764. The quantitative estimate of drug-likeness (QED) is 0.487. The summed E-state index contributed by atoms with van der Waals surface area (Å²) in [6.07, 6.45) is 0.269. The molecule has 0 aliphatic carbocycles. The molecule has 0 unspecified atom stereocenters. The third-order valence-corrected chi connectivity index (χ3v) is 2.83. The van der Waals surface area contributed by atoms with Crippen LogP contribution in [-0.4, -0.2) is 11.5 Å². The maximum Gasteiger partial charge on any atom is 0.387 e. The van der Waals surface area contributed by atoms with Gasteiger partial charge in [0.1, 0.15) is 11.6 Å². The number of ether oxygens (including phenoxy) is 1. The van der Waals surface area contributed by atoms with Crippen molar-refractivity contribution in [2.75, 3.05) is 0 Å². The molecule has 0 bridgehead atoms. The minimum absolute atomic E-state index is 0.0399. The molecular weight excluding hydrogens is 311 g/mol. The molecule has 2 aromatic rings. The van der Waals surface area contributed by atoms with Crippen LogP contribution in [0.1, 0.15) is 11.1 Å². The van der Waals surface area contributed by atoms with E-state index in [0.29, 0.717) is 0 Å². The van der Waals surface area contributed by atoms with Crippen LogP contribution in [0.25, 0.3) is 0 Å². The molecule has 2 rings (SSSR count). The second kappa shape index (κ2) is 7.31. The van der Waals surface area contributed by atoms with Gasteiger partial charge >= 0.3 is 6.61 Å². The molecular formula is C16H10F3NO3. The SMILES string of the molecule is O=[N+]([O-])c1ccc(C#CCc2ccc(OC(F)F)cc2)c(F)c1. The molecule has 7 heteroatoms. The van der Waals surface area contributed by atoms with E-state index in [1.54, 1.807) is 12.1 Å². The van der Waals surface area contributed by atoms with Gasteiger partial charge in [-0.3, -0.25) is 10.1 Å². The molecule has 0 spiro atoms. The molecule has 0 saturated carbocycles. The van der Waals surface area contributed by atoms with Crippen LogP contribution < -0.4 is 4.74 Å². The van der Waals surface area contributed by atoms with E-state index >= 15 is 0 Å². The van der Waals surface area contributed by atoms with Gasteiger partial charge in [0.05, 0.1) is 16.6 Å². The van der Waals surface area contributed by atoms with Crippen molar-refractivity contribution in [1.29, 1.82) is 0 Å². The first-order chi connectivity index (χ1) is 11.0. The normalized spacial score (nSPS) is 10.1. The number of hydrogen-bond donors (Lipinski definition) is 0. The topological polar surface area (TPSA) is 52.4 Å². The van der Waals surface area contributed by atoms with Crippen LogP contribution in [0.15, 0.2) is 42.5 Å². The number of halogens is 3. The van der Waals surface area contributed by atoms with E-state index in [9.17, 15) is 23.3 Å². The molecule has 0 atom stereocenters. The molecule has 0 heterocycles. The van der Waals surface area contributed by atoms with Crippen molar-refractivity contribution in [2.45, 2.75) is 13.0 Å². The summed E-state index contributed by atoms with van der Waals surface area (Å²) in [5.74, 6) is 4.56. The summed E-state index contributed by atoms with van der Waals surface area (Å²) in [5, 5.41) is 10.5. The molecule has 0 saturated heterocycles. The molecule has 2 aromatic carbocycles. The highest BCUT2D eigenvalue weighted by atomic mass is 19.3. The number of hydrogen-bond acceptors (Lipinski definition) is 3. The summed E-state index contributed by atoms with van der Waals surface area (Å²) in [5.41, 5.74) is 0.442. The van der Waals surface area contributed by atoms with Crippen LogP contribution in [0, 0.1) is 27.8 Å². The molecule has 0 aliphatic heterocycles. The first kappa shape index (κ1) is 16.4. The summed E-state index contributed by atoms with van der Waals surface area (Å²) >= 11 is 0. The minimum Gasteiger partial charge on any atom is -0.435 e. The van der Waals surface area contributed by atoms with E-state index in [1.807, 2.05) is 0 Å². The fourth-order valence-electron chi connectivity index (χ4n) is 1.75. The average Bonchev–Trinajstić information content (AvgIpc) is 2.50. The lowest BCUT2D eigenvalue weighted by atomic mass is 10.1. The van der Waals surface area contributed by atoms with E-state index in [1.165, 1.54) is 24.3 Å². The maximum absolute atomic E-state index is 13.6. The number of alkyl halides is 2. The summed E-state index contributed by atoms with van der Waals surface area (Å²) in [4.78, 5) is 9.81. The first-order valence-electron chi connectivity index (χ1n) is 6.42. The van der Waals surface area contributed by atoms with Crippen molar-refractivity contribution in [3.8, 4) is 17.6 Å². The van der Waals surface area contributed by atoms with Gasteiger partial charge in [0.15, 0.2) is 0 Å². The lowest BCUT2D eigenvalue weighted by Gasteiger charge is -2.04. The van der Waals surface area contributed by atoms with Gasteiger partial charge in [-0.2, -0.15) is 8.78 Å². The third kappa shape index (κ3) is 4.74. The Balaban J connectivity index is 2.04. The third-order valence-electron chi connectivity index (χ3n) is 2.83. The second-order valence-corrected chi connectivity index (χ2v) is 4.42. The van der Waals surface area contributed by atoms with Crippen molar-refractivity contribution < 1.29 is 22.8 Å². The summed E-state index contributed by atoms with van der Waals surface area (Å²) in [7, 11) is 0. The highest BCUT2D eigenvalue weighted by Gasteiger charge is 2.09. The first-order valence-corrected chi connectivity index (χ1v) is 6.42. The Labute approximate surface area is 129 Å². The Morgan fingerprint density at radius 3 is 2.43 bits per heavy atom. The highest BCUT2D eigenvalue weighted by molar-refractivity contribution is 5.43. The number of benzene rings is 2. The Hall–Kier alpha value is -3.01. The van der Waals surface area contributed by atoms with Crippen molar-refractivity contribution in [1.82, 2.24) is 0 Å². The van der Waals surface area contributed by atoms with Crippen LogP contribution >= 0.6 is 0 Å². The number of nitro benzene ring substituents is 1. The van der Waals surface area contributed by atoms with E-state index in [0.717, 1.165) is 11.6 Å². The standard InChI is InChI=1S/C16H10F3NO3/c17-15-10-13(20(21)22)7-6-12(15)3-1-2-11-4-8-14(9-5-11)23-16(18)19/h4-10,16H,2H2. The Kier molecular flexibility index (Phi) is 5.20. The molecule has 0 aromatic heterocycles. The number of nitro groups is 1. The lowest BCUT2D eigenvalue weighted by molar-refractivity contribution is -0.385. The smallest absolute Gasteiger partial charge is 0.387 e. The van der Waals surface area contributed by atoms with Gasteiger partial charge in [-0.25, -0.2) is 4.39 Å². The van der Waals surface area contributed by atoms with Gasteiger partial charge in [0.25, 0.3) is 5.69 Å². The van der Waals surface area contributed by atoms with Gasteiger partial charge < -0.3 is 4.74 Å². The van der Waals surface area contributed by atoms with Gasteiger partial charge in [-0.1, -0.05) is 24.0 Å². The molecule has 0 aliphatic rings. The van der Waals surface area contributed by atoms with Crippen LogP contribution in [0.3, 0.4) is 0 Å². The Morgan fingerprint density at radius 1 is 1.17 bits per heavy atom. The van der Waals surface area contributed by atoms with Gasteiger partial charge in [0, 0.05) is 12.5 Å². The number of rotatable bonds is 4. The highest BCUT2D eigenvalue weighted by Crippen LogP contribution is 2.16. The minimum atomic E-state index is -2.88. The number of non-ortho nitro benzene ring substituents is 1. The van der Waals surface area contributed by atoms with Crippen molar-refractivity contribution in [3.05, 3.63) is 69.5 Å². The van der Waals surface area contributed by atoms with Crippen LogP contribution in [0.5, 0.6) is 5.75 Å². The second-order valence-electron chi connectivity index (χ2n) is 4.42. The fourth-order valence-corrected chi connectivity index (χ4v) is 1.75. The molecule has 0 fully saturated rings. The zero-order valence-electron chi connectivity index (χ0n) is 11.6. The van der Waals surface area contributed by atoms with E-state index in [2.05, 4.69) is 16.6 Å². The largest absolute Gasteiger partial charge is 0.435 e. The molecule has 23 heavy (non-hydrogen) atoms. The molecule has 4 nitrogen and oxygen atoms in total. The Morgan fingerprint density at radius 2 is 1.87 bits per heavy atom. The van der Waals surface area contributed by atoms with E-state index < -0.39 is 17.4 Å². The van der Waals surface area contributed by atoms with Crippen molar-refractivity contribution in [3.63, 3.8) is 0 Å². The average molecular weight is 321 g/mol. The monoisotopic (exact) mass is 321 g/mol. The lowest BCUT2D eigenvalue weighted by Crippen LogP contribution is -2.01. The van der Waals surface area contributed by atoms with Crippen molar-refractivity contribution >= 4 is 5.69 Å². The summed E-state index contributed by atoms with van der Waals surface area (Å²) < 4.78 is 41.8. The molecule has 0 radical (unpaired) electrons. The van der Waals surface area contributed by atoms with Crippen molar-refractivity contribution in [2.24, 2.45) is 0 Å². The summed E-state index contributed by atoms with van der Waals surface area (Å²) in [6.45, 7) is -2.88. The van der Waals surface area contributed by atoms with Gasteiger partial charge in [0.2, 0.25) is 0 Å². The zero-order valence-corrected chi connectivity index (χ0v) is 11.6. The van der Waals surface area contributed by atoms with Crippen LogP contribution in [-0.2, 0) is 6.42 Å². The van der Waals surface area contributed by atoms with Crippen LogP contribution in [0.4, 0.5) is 18.9 Å².